The molecule has 0 saturated carbocycles. The first-order valence-electron chi connectivity index (χ1n) is 7.74. The monoisotopic (exact) mass is 270 g/mol. The van der Waals surface area contributed by atoms with Crippen LogP contribution < -0.4 is 5.32 Å². The van der Waals surface area contributed by atoms with Gasteiger partial charge in [-0.25, -0.2) is 0 Å². The van der Waals surface area contributed by atoms with Gasteiger partial charge in [0.25, 0.3) is 0 Å². The van der Waals surface area contributed by atoms with Crippen LogP contribution in [0.5, 0.6) is 0 Å². The molecular weight excluding hydrogens is 240 g/mol. The molecule has 1 saturated heterocycles. The van der Waals surface area contributed by atoms with Crippen molar-refractivity contribution >= 4 is 5.91 Å². The first-order chi connectivity index (χ1) is 9.02. The number of hydrogen-bond acceptors (Lipinski definition) is 3. The Bertz CT molecular complexity index is 269. The summed E-state index contributed by atoms with van der Waals surface area (Å²) in [6.45, 7) is 7.40. The number of nitrogens with one attached hydrogen (secondary N) is 1. The third kappa shape index (κ3) is 6.39. The second-order valence-corrected chi connectivity index (χ2v) is 5.94. The quantitative estimate of drug-likeness (QED) is 0.775. The van der Waals surface area contributed by atoms with Crippen LogP contribution in [0, 0.1) is 0 Å². The van der Waals surface area contributed by atoms with E-state index in [2.05, 4.69) is 17.1 Å². The van der Waals surface area contributed by atoms with Crippen molar-refractivity contribution in [2.75, 3.05) is 13.1 Å². The lowest BCUT2D eigenvalue weighted by Crippen LogP contribution is -2.45. The molecule has 1 heterocycles. The van der Waals surface area contributed by atoms with Crippen LogP contribution in [-0.4, -0.2) is 47.2 Å². The molecule has 1 rings (SSSR count). The summed E-state index contributed by atoms with van der Waals surface area (Å²) >= 11 is 0. The van der Waals surface area contributed by atoms with Gasteiger partial charge in [0.1, 0.15) is 0 Å². The Morgan fingerprint density at radius 1 is 1.37 bits per heavy atom. The minimum absolute atomic E-state index is 0.117. The van der Waals surface area contributed by atoms with E-state index in [9.17, 15) is 9.90 Å². The van der Waals surface area contributed by atoms with Gasteiger partial charge in [-0.2, -0.15) is 0 Å². The summed E-state index contributed by atoms with van der Waals surface area (Å²) in [7, 11) is 0. The van der Waals surface area contributed by atoms with E-state index in [0.29, 0.717) is 12.6 Å². The van der Waals surface area contributed by atoms with Crippen molar-refractivity contribution in [1.29, 1.82) is 0 Å². The summed E-state index contributed by atoms with van der Waals surface area (Å²) in [6.07, 6.45) is 6.15. The number of aliphatic hydroxyl groups excluding tert-OH is 1. The fourth-order valence-corrected chi connectivity index (χ4v) is 2.71. The molecule has 1 aliphatic rings. The van der Waals surface area contributed by atoms with Gasteiger partial charge >= 0.3 is 0 Å². The highest BCUT2D eigenvalue weighted by Crippen LogP contribution is 2.20. The fraction of sp³-hybridized carbons (Fsp3) is 0.933. The summed E-state index contributed by atoms with van der Waals surface area (Å²) in [5.41, 5.74) is 0. The molecule has 1 amide bonds. The zero-order valence-corrected chi connectivity index (χ0v) is 12.7. The summed E-state index contributed by atoms with van der Waals surface area (Å²) in [4.78, 5) is 14.3. The van der Waals surface area contributed by atoms with Crippen LogP contribution in [0.1, 0.15) is 59.3 Å². The number of nitrogens with zero attached hydrogens (tertiary/aromatic N) is 1. The van der Waals surface area contributed by atoms with Crippen molar-refractivity contribution in [3.8, 4) is 0 Å². The lowest BCUT2D eigenvalue weighted by Gasteiger charge is -2.30. The molecule has 0 aromatic rings. The number of amides is 1. The Labute approximate surface area is 117 Å². The smallest absolute Gasteiger partial charge is 0.234 e. The average Bonchev–Trinajstić information content (AvgIpc) is 2.54. The van der Waals surface area contributed by atoms with E-state index in [1.165, 1.54) is 12.8 Å². The normalized spacial score (nSPS) is 24.5. The molecule has 1 aliphatic heterocycles. The zero-order chi connectivity index (χ0) is 14.3. The van der Waals surface area contributed by atoms with Gasteiger partial charge in [-0.1, -0.05) is 19.8 Å². The van der Waals surface area contributed by atoms with E-state index in [4.69, 9.17) is 0 Å². The predicted octanol–water partition coefficient (Wildman–Crippen LogP) is 1.92. The lowest BCUT2D eigenvalue weighted by atomic mass is 10.0. The summed E-state index contributed by atoms with van der Waals surface area (Å²) < 4.78 is 0. The molecule has 2 N–H and O–H groups in total. The zero-order valence-electron chi connectivity index (χ0n) is 12.7. The number of likely N-dealkylation sites (tertiary alicyclic amines) is 1. The highest BCUT2D eigenvalue weighted by Gasteiger charge is 2.24. The standard InChI is InChI=1S/C15H30N2O2/c1-4-12(2)16-15(19)11-17-9-7-5-6-8-14(17)10-13(3)18/h12-14,18H,4-11H2,1-3H3,(H,16,19). The Balaban J connectivity index is 2.51. The van der Waals surface area contributed by atoms with Crippen LogP contribution in [0.2, 0.25) is 0 Å². The molecule has 0 aromatic heterocycles. The van der Waals surface area contributed by atoms with Gasteiger partial charge in [0.05, 0.1) is 12.6 Å². The van der Waals surface area contributed by atoms with Crippen molar-refractivity contribution in [2.24, 2.45) is 0 Å². The molecule has 4 heteroatoms. The highest BCUT2D eigenvalue weighted by atomic mass is 16.3. The SMILES string of the molecule is CCC(C)NC(=O)CN1CCCCCC1CC(C)O. The van der Waals surface area contributed by atoms with Gasteiger partial charge in [0.2, 0.25) is 5.91 Å². The van der Waals surface area contributed by atoms with Crippen LogP contribution in [0.3, 0.4) is 0 Å². The molecule has 3 unspecified atom stereocenters. The summed E-state index contributed by atoms with van der Waals surface area (Å²) in [5.74, 6) is 0.117. The van der Waals surface area contributed by atoms with Crippen LogP contribution in [0.4, 0.5) is 0 Å². The van der Waals surface area contributed by atoms with Crippen molar-refractivity contribution < 1.29 is 9.90 Å². The Kier molecular flexibility index (Phi) is 7.39. The molecule has 0 bridgehead atoms. The summed E-state index contributed by atoms with van der Waals surface area (Å²) in [6, 6.07) is 0.597. The van der Waals surface area contributed by atoms with E-state index in [-0.39, 0.29) is 18.1 Å². The first-order valence-corrected chi connectivity index (χ1v) is 7.74. The third-order valence-electron chi connectivity index (χ3n) is 3.98. The van der Waals surface area contributed by atoms with Crippen molar-refractivity contribution in [1.82, 2.24) is 10.2 Å². The number of aliphatic hydroxyl groups is 1. The molecule has 0 spiro atoms. The van der Waals surface area contributed by atoms with Crippen LogP contribution in [-0.2, 0) is 4.79 Å². The maximum Gasteiger partial charge on any atom is 0.234 e. The van der Waals surface area contributed by atoms with E-state index < -0.39 is 0 Å². The van der Waals surface area contributed by atoms with Crippen molar-refractivity contribution in [3.05, 3.63) is 0 Å². The largest absolute Gasteiger partial charge is 0.393 e. The minimum atomic E-state index is -0.289. The summed E-state index contributed by atoms with van der Waals surface area (Å²) in [5, 5.41) is 12.6. The second kappa shape index (κ2) is 8.54. The van der Waals surface area contributed by atoms with Gasteiger partial charge in [-0.3, -0.25) is 9.69 Å². The van der Waals surface area contributed by atoms with Crippen LogP contribution in [0.25, 0.3) is 0 Å². The van der Waals surface area contributed by atoms with Gasteiger partial charge in [0, 0.05) is 12.1 Å². The molecule has 3 atom stereocenters. The van der Waals surface area contributed by atoms with E-state index >= 15 is 0 Å². The highest BCUT2D eigenvalue weighted by molar-refractivity contribution is 5.78. The molecule has 0 aliphatic carbocycles. The number of rotatable bonds is 6. The van der Waals surface area contributed by atoms with Crippen molar-refractivity contribution in [3.63, 3.8) is 0 Å². The number of carbonyl (C=O) groups excluding carboxylic acids is 1. The van der Waals surface area contributed by atoms with Crippen molar-refractivity contribution in [2.45, 2.75) is 77.5 Å². The van der Waals surface area contributed by atoms with Crippen LogP contribution >= 0.6 is 0 Å². The molecule has 19 heavy (non-hydrogen) atoms. The molecule has 112 valence electrons. The lowest BCUT2D eigenvalue weighted by molar-refractivity contribution is -0.123. The third-order valence-corrected chi connectivity index (χ3v) is 3.98. The molecular formula is C15H30N2O2. The first kappa shape index (κ1) is 16.4. The number of hydrogen-bond donors (Lipinski definition) is 2. The van der Waals surface area contributed by atoms with E-state index in [1.54, 1.807) is 0 Å². The van der Waals surface area contributed by atoms with Crippen LogP contribution in [0.15, 0.2) is 0 Å². The Morgan fingerprint density at radius 2 is 2.11 bits per heavy atom. The maximum atomic E-state index is 12.0. The second-order valence-electron chi connectivity index (χ2n) is 5.94. The Morgan fingerprint density at radius 3 is 2.74 bits per heavy atom. The topological polar surface area (TPSA) is 52.6 Å². The predicted molar refractivity (Wildman–Crippen MR) is 78.0 cm³/mol. The average molecular weight is 270 g/mol. The fourth-order valence-electron chi connectivity index (χ4n) is 2.71. The van der Waals surface area contributed by atoms with Gasteiger partial charge in [-0.15, -0.1) is 0 Å². The van der Waals surface area contributed by atoms with Gasteiger partial charge in [-0.05, 0) is 46.1 Å². The van der Waals surface area contributed by atoms with Gasteiger partial charge in [0.15, 0.2) is 0 Å². The van der Waals surface area contributed by atoms with E-state index in [1.807, 2.05) is 13.8 Å². The minimum Gasteiger partial charge on any atom is -0.393 e. The molecule has 0 aromatic carbocycles. The van der Waals surface area contributed by atoms with Gasteiger partial charge < -0.3 is 10.4 Å². The molecule has 1 fully saturated rings. The number of carbonyl (C=O) groups is 1. The Hall–Kier alpha value is -0.610. The maximum absolute atomic E-state index is 12.0. The molecule has 0 radical (unpaired) electrons. The van der Waals surface area contributed by atoms with E-state index in [0.717, 1.165) is 32.2 Å². The molecule has 4 nitrogen and oxygen atoms in total.